The van der Waals surface area contributed by atoms with E-state index in [0.717, 1.165) is 49.1 Å². The Labute approximate surface area is 231 Å². The highest BCUT2D eigenvalue weighted by atomic mass is 19.4. The number of carboxylic acid groups (broad SMARTS) is 1. The molecular formula is C28H32F3N7O2. The van der Waals surface area contributed by atoms with Gasteiger partial charge in [-0.25, -0.2) is 4.85 Å². The van der Waals surface area contributed by atoms with Crippen LogP contribution in [0.1, 0.15) is 60.4 Å². The lowest BCUT2D eigenvalue weighted by molar-refractivity contribution is -0.138. The average Bonchev–Trinajstić information content (AvgIpc) is 3.55. The molecule has 4 rings (SSSR count). The summed E-state index contributed by atoms with van der Waals surface area (Å²) in [6.45, 7) is 11.1. The predicted molar refractivity (Wildman–Crippen MR) is 144 cm³/mol. The third-order valence-electron chi connectivity index (χ3n) is 7.03. The van der Waals surface area contributed by atoms with Gasteiger partial charge in [-0.3, -0.25) is 4.79 Å². The first kappa shape index (κ1) is 28.9. The number of alkyl halides is 3. The molecule has 2 aromatic carbocycles. The highest BCUT2D eigenvalue weighted by Crippen LogP contribution is 2.35. The molecule has 0 unspecified atom stereocenters. The number of aromatic nitrogens is 4. The molecule has 1 aromatic heterocycles. The first-order valence-corrected chi connectivity index (χ1v) is 13.3. The summed E-state index contributed by atoms with van der Waals surface area (Å²) in [5.41, 5.74) is 3.88. The van der Waals surface area contributed by atoms with E-state index in [0.29, 0.717) is 31.6 Å². The molecule has 0 radical (unpaired) electrons. The molecule has 3 aromatic rings. The summed E-state index contributed by atoms with van der Waals surface area (Å²) in [6.07, 6.45) is -0.180. The van der Waals surface area contributed by atoms with Crippen LogP contribution >= 0.6 is 0 Å². The summed E-state index contributed by atoms with van der Waals surface area (Å²) in [5, 5.41) is 21.4. The Morgan fingerprint density at radius 1 is 1.10 bits per heavy atom. The number of anilines is 2. The monoisotopic (exact) mass is 555 g/mol. The molecule has 0 spiro atoms. The topological polar surface area (TPSA) is 91.7 Å². The van der Waals surface area contributed by atoms with Crippen LogP contribution in [0, 0.1) is 6.57 Å². The van der Waals surface area contributed by atoms with Crippen molar-refractivity contribution >= 4 is 23.3 Å². The fourth-order valence-electron chi connectivity index (χ4n) is 5.13. The van der Waals surface area contributed by atoms with Gasteiger partial charge in [0.15, 0.2) is 5.69 Å². The largest absolute Gasteiger partial charge is 0.481 e. The van der Waals surface area contributed by atoms with Crippen molar-refractivity contribution in [3.05, 3.63) is 69.6 Å². The number of unbranched alkanes of at least 4 members (excludes halogenated alkanes) is 1. The molecule has 0 amide bonds. The van der Waals surface area contributed by atoms with Gasteiger partial charge in [0.1, 0.15) is 0 Å². The summed E-state index contributed by atoms with van der Waals surface area (Å²) in [6, 6.07) is 7.72. The molecule has 0 bridgehead atoms. The molecule has 1 aliphatic carbocycles. The number of rotatable bonds is 12. The second-order valence-electron chi connectivity index (χ2n) is 9.97. The van der Waals surface area contributed by atoms with E-state index >= 15 is 0 Å². The van der Waals surface area contributed by atoms with Gasteiger partial charge in [0.25, 0.3) is 5.95 Å². The van der Waals surface area contributed by atoms with Crippen LogP contribution in [0.25, 0.3) is 4.85 Å². The van der Waals surface area contributed by atoms with Crippen LogP contribution in [0.5, 0.6) is 0 Å². The molecule has 0 fully saturated rings. The van der Waals surface area contributed by atoms with Crippen molar-refractivity contribution in [1.29, 1.82) is 0 Å². The minimum Gasteiger partial charge on any atom is -0.481 e. The van der Waals surface area contributed by atoms with Gasteiger partial charge in [0, 0.05) is 43.9 Å². The molecule has 0 aliphatic heterocycles. The van der Waals surface area contributed by atoms with Gasteiger partial charge in [-0.2, -0.15) is 18.0 Å². The number of fused-ring (bicyclic) bond motifs is 1. The fraction of sp³-hybridized carbons (Fsp3) is 0.464. The van der Waals surface area contributed by atoms with Gasteiger partial charge in [0.2, 0.25) is 0 Å². The van der Waals surface area contributed by atoms with Gasteiger partial charge in [-0.1, -0.05) is 17.2 Å². The van der Waals surface area contributed by atoms with Crippen molar-refractivity contribution in [3.63, 3.8) is 0 Å². The Morgan fingerprint density at radius 3 is 2.48 bits per heavy atom. The zero-order valence-electron chi connectivity index (χ0n) is 22.6. The normalized spacial score (nSPS) is 12.7. The summed E-state index contributed by atoms with van der Waals surface area (Å²) in [7, 11) is 1.62. The van der Waals surface area contributed by atoms with Crippen LogP contribution in [-0.4, -0.2) is 44.4 Å². The Bertz CT molecular complexity index is 1400. The van der Waals surface area contributed by atoms with E-state index in [1.54, 1.807) is 11.9 Å². The van der Waals surface area contributed by atoms with Gasteiger partial charge in [-0.05, 0) is 84.7 Å². The van der Waals surface area contributed by atoms with Gasteiger partial charge >= 0.3 is 12.1 Å². The zero-order valence-corrected chi connectivity index (χ0v) is 22.6. The Kier molecular flexibility index (Phi) is 8.92. The summed E-state index contributed by atoms with van der Waals surface area (Å²) < 4.78 is 40.7. The maximum Gasteiger partial charge on any atom is 0.415 e. The summed E-state index contributed by atoms with van der Waals surface area (Å²) in [5.74, 6) is -0.551. The molecule has 1 heterocycles. The van der Waals surface area contributed by atoms with E-state index in [2.05, 4.69) is 37.3 Å². The SMILES string of the molecule is [C-]#[N+]c1cc(CN(Cc2cc3c(cc2N(CC)CCCCC(=O)O)CCC3)c2nnn(C)n2)cc(C(F)(F)F)c1. The van der Waals surface area contributed by atoms with Crippen molar-refractivity contribution in [1.82, 2.24) is 20.2 Å². The lowest BCUT2D eigenvalue weighted by atomic mass is 10.0. The second-order valence-corrected chi connectivity index (χ2v) is 9.97. The Balaban J connectivity index is 1.70. The van der Waals surface area contributed by atoms with Crippen LogP contribution in [0.4, 0.5) is 30.5 Å². The number of halogens is 3. The number of aliphatic carboxylic acids is 1. The molecule has 12 heteroatoms. The minimum atomic E-state index is -4.58. The Morgan fingerprint density at radius 2 is 1.85 bits per heavy atom. The lowest BCUT2D eigenvalue weighted by Gasteiger charge is -2.29. The fourth-order valence-corrected chi connectivity index (χ4v) is 5.13. The van der Waals surface area contributed by atoms with E-state index in [4.69, 9.17) is 11.7 Å². The van der Waals surface area contributed by atoms with Crippen LogP contribution in [0.15, 0.2) is 30.3 Å². The first-order valence-electron chi connectivity index (χ1n) is 13.3. The van der Waals surface area contributed by atoms with E-state index in [1.165, 1.54) is 22.0 Å². The standard InChI is InChI=1S/C28H32F3N7O2/c1-4-37(11-6-5-10-26(39)40)25-15-21-9-7-8-20(21)14-22(25)18-38(27-33-35-36(3)34-27)17-19-12-23(28(29,30)31)16-24(13-19)32-2/h12-16H,4-11,17-18H2,1,3H3,(H,39,40). The van der Waals surface area contributed by atoms with E-state index in [-0.39, 0.29) is 24.6 Å². The lowest BCUT2D eigenvalue weighted by Crippen LogP contribution is -2.29. The Hall–Kier alpha value is -4.14. The number of hydrogen-bond acceptors (Lipinski definition) is 6. The molecule has 9 nitrogen and oxygen atoms in total. The minimum absolute atomic E-state index is 0.0411. The number of tetrazole rings is 1. The number of carbonyl (C=O) groups is 1. The van der Waals surface area contributed by atoms with Crippen molar-refractivity contribution in [2.75, 3.05) is 22.9 Å². The zero-order chi connectivity index (χ0) is 28.9. The van der Waals surface area contributed by atoms with Gasteiger partial charge in [-0.15, -0.1) is 5.10 Å². The van der Waals surface area contributed by atoms with E-state index < -0.39 is 17.7 Å². The second kappa shape index (κ2) is 12.4. The van der Waals surface area contributed by atoms with Crippen molar-refractivity contribution < 1.29 is 23.1 Å². The van der Waals surface area contributed by atoms with Crippen LogP contribution in [0.3, 0.4) is 0 Å². The van der Waals surface area contributed by atoms with E-state index in [1.807, 2.05) is 6.92 Å². The molecule has 1 N–H and O–H groups in total. The molecule has 0 saturated heterocycles. The molecular weight excluding hydrogens is 523 g/mol. The summed E-state index contributed by atoms with van der Waals surface area (Å²) in [4.78, 5) is 19.5. The smallest absolute Gasteiger partial charge is 0.415 e. The van der Waals surface area contributed by atoms with Gasteiger partial charge < -0.3 is 14.9 Å². The molecule has 0 atom stereocenters. The third-order valence-corrected chi connectivity index (χ3v) is 7.03. The number of benzene rings is 2. The number of hydrogen-bond donors (Lipinski definition) is 1. The first-order chi connectivity index (χ1) is 19.1. The quantitative estimate of drug-likeness (QED) is 0.231. The number of nitrogens with zero attached hydrogens (tertiary/aromatic N) is 7. The highest BCUT2D eigenvalue weighted by molar-refractivity contribution is 5.66. The number of aryl methyl sites for hydroxylation is 3. The summed E-state index contributed by atoms with van der Waals surface area (Å²) >= 11 is 0. The van der Waals surface area contributed by atoms with Crippen molar-refractivity contribution in [2.45, 2.75) is 64.7 Å². The molecule has 212 valence electrons. The van der Waals surface area contributed by atoms with Crippen LogP contribution < -0.4 is 9.80 Å². The van der Waals surface area contributed by atoms with Crippen molar-refractivity contribution in [3.8, 4) is 0 Å². The maximum absolute atomic E-state index is 13.6. The van der Waals surface area contributed by atoms with Crippen LogP contribution in [-0.2, 0) is 43.9 Å². The molecule has 40 heavy (non-hydrogen) atoms. The maximum atomic E-state index is 13.6. The van der Waals surface area contributed by atoms with Crippen LogP contribution in [0.2, 0.25) is 0 Å². The van der Waals surface area contributed by atoms with E-state index in [9.17, 15) is 18.0 Å². The molecule has 1 aliphatic rings. The average molecular weight is 556 g/mol. The molecule has 0 saturated carbocycles. The highest BCUT2D eigenvalue weighted by Gasteiger charge is 2.31. The van der Waals surface area contributed by atoms with Gasteiger partial charge in [0.05, 0.1) is 13.6 Å². The third kappa shape index (κ3) is 7.08. The number of carboxylic acids is 1. The predicted octanol–water partition coefficient (Wildman–Crippen LogP) is 5.56. The van der Waals surface area contributed by atoms with Crippen molar-refractivity contribution in [2.24, 2.45) is 7.05 Å².